The molecule has 0 heterocycles. The van der Waals surface area contributed by atoms with Crippen molar-refractivity contribution in [2.45, 2.75) is 33.1 Å². The van der Waals surface area contributed by atoms with Crippen molar-refractivity contribution in [2.24, 2.45) is 0 Å². The predicted molar refractivity (Wildman–Crippen MR) is 57.5 cm³/mol. The van der Waals surface area contributed by atoms with E-state index in [1.165, 1.54) is 29.3 Å². The van der Waals surface area contributed by atoms with Crippen molar-refractivity contribution >= 4 is 15.9 Å². The molecule has 0 unspecified atom stereocenters. The minimum Gasteiger partial charge on any atom is -0.0683 e. The second-order valence-corrected chi connectivity index (χ2v) is 3.68. The zero-order valence-corrected chi connectivity index (χ0v) is 9.32. The molecule has 1 aromatic carbocycles. The van der Waals surface area contributed by atoms with Crippen molar-refractivity contribution in [3.05, 3.63) is 33.8 Å². The summed E-state index contributed by atoms with van der Waals surface area (Å²) in [6.07, 6.45) is 3.89. The van der Waals surface area contributed by atoms with Gasteiger partial charge in [-0.3, -0.25) is 0 Å². The molecule has 12 heavy (non-hydrogen) atoms. The summed E-state index contributed by atoms with van der Waals surface area (Å²) in [5.74, 6) is 0. The number of rotatable bonds is 0. The molecule has 1 aliphatic rings. The fraction of sp³-hybridized carbons (Fsp3) is 0.455. The summed E-state index contributed by atoms with van der Waals surface area (Å²) in [7, 11) is 0. The molecule has 1 heteroatoms. The van der Waals surface area contributed by atoms with Gasteiger partial charge < -0.3 is 0 Å². The Balaban J connectivity index is 0.000000336. The van der Waals surface area contributed by atoms with E-state index in [2.05, 4.69) is 34.1 Å². The van der Waals surface area contributed by atoms with Gasteiger partial charge >= 0.3 is 0 Å². The molecule has 0 aliphatic heterocycles. The van der Waals surface area contributed by atoms with Gasteiger partial charge in [0.05, 0.1) is 0 Å². The third kappa shape index (κ3) is 2.10. The van der Waals surface area contributed by atoms with E-state index < -0.39 is 0 Å². The first-order valence-corrected chi connectivity index (χ1v) is 5.43. The van der Waals surface area contributed by atoms with Gasteiger partial charge in [0.1, 0.15) is 0 Å². The summed E-state index contributed by atoms with van der Waals surface area (Å²) in [6, 6.07) is 6.60. The minimum absolute atomic E-state index is 1.22. The van der Waals surface area contributed by atoms with E-state index >= 15 is 0 Å². The molecular weight excluding hydrogens is 212 g/mol. The third-order valence-corrected chi connectivity index (χ3v) is 2.55. The Morgan fingerprint density at radius 2 is 1.75 bits per heavy atom. The Bertz CT molecular complexity index is 253. The van der Waals surface area contributed by atoms with E-state index in [0.717, 1.165) is 0 Å². The Labute approximate surface area is 83.1 Å². The molecule has 0 aromatic heterocycles. The number of hydrogen-bond acceptors (Lipinski definition) is 0. The lowest BCUT2D eigenvalue weighted by Crippen LogP contribution is -1.79. The van der Waals surface area contributed by atoms with Crippen LogP contribution >= 0.6 is 15.9 Å². The smallest absolute Gasteiger partial charge is 0.0178 e. The topological polar surface area (TPSA) is 0 Å². The van der Waals surface area contributed by atoms with Crippen LogP contribution in [0.15, 0.2) is 22.7 Å². The lowest BCUT2D eigenvalue weighted by Gasteiger charge is -1.97. The molecule has 66 valence electrons. The average Bonchev–Trinajstić information content (AvgIpc) is 2.54. The quantitative estimate of drug-likeness (QED) is 0.629. The van der Waals surface area contributed by atoms with Crippen molar-refractivity contribution < 1.29 is 0 Å². The summed E-state index contributed by atoms with van der Waals surface area (Å²) in [4.78, 5) is 0. The number of hydrogen-bond donors (Lipinski definition) is 0. The van der Waals surface area contributed by atoms with Gasteiger partial charge in [-0.05, 0) is 42.5 Å². The van der Waals surface area contributed by atoms with E-state index in [-0.39, 0.29) is 0 Å². The molecular formula is C11H15Br. The van der Waals surface area contributed by atoms with Crippen LogP contribution < -0.4 is 0 Å². The normalized spacial score (nSPS) is 13.2. The Hall–Kier alpha value is -0.300. The van der Waals surface area contributed by atoms with Gasteiger partial charge in [-0.2, -0.15) is 0 Å². The van der Waals surface area contributed by atoms with Crippen LogP contribution in [0.2, 0.25) is 0 Å². The molecule has 0 spiro atoms. The fourth-order valence-corrected chi connectivity index (χ4v) is 1.95. The van der Waals surface area contributed by atoms with Crippen molar-refractivity contribution in [2.75, 3.05) is 0 Å². The summed E-state index contributed by atoms with van der Waals surface area (Å²) < 4.78 is 1.22. The second kappa shape index (κ2) is 4.66. The van der Waals surface area contributed by atoms with E-state index in [9.17, 15) is 0 Å². The standard InChI is InChI=1S/C9H9Br.C2H6/c10-9-5-4-7-2-1-3-8(7)6-9;1-2/h4-6H,1-3H2;1-2H3. The highest BCUT2D eigenvalue weighted by Gasteiger charge is 2.09. The highest BCUT2D eigenvalue weighted by Crippen LogP contribution is 2.24. The van der Waals surface area contributed by atoms with E-state index in [0.29, 0.717) is 0 Å². The molecule has 0 saturated heterocycles. The van der Waals surface area contributed by atoms with Gasteiger partial charge in [-0.15, -0.1) is 0 Å². The van der Waals surface area contributed by atoms with Crippen LogP contribution in [-0.4, -0.2) is 0 Å². The van der Waals surface area contributed by atoms with Crippen LogP contribution in [0.1, 0.15) is 31.4 Å². The van der Waals surface area contributed by atoms with E-state index in [4.69, 9.17) is 0 Å². The molecule has 0 saturated carbocycles. The van der Waals surface area contributed by atoms with Crippen molar-refractivity contribution in [1.82, 2.24) is 0 Å². The zero-order chi connectivity index (χ0) is 8.97. The van der Waals surface area contributed by atoms with Gasteiger partial charge in [0.2, 0.25) is 0 Å². The Morgan fingerprint density at radius 3 is 2.50 bits per heavy atom. The van der Waals surface area contributed by atoms with Crippen LogP contribution in [0.25, 0.3) is 0 Å². The zero-order valence-electron chi connectivity index (χ0n) is 7.73. The van der Waals surface area contributed by atoms with Gasteiger partial charge in [0.25, 0.3) is 0 Å². The number of benzene rings is 1. The van der Waals surface area contributed by atoms with Crippen LogP contribution in [0.5, 0.6) is 0 Å². The summed E-state index contributed by atoms with van der Waals surface area (Å²) in [5.41, 5.74) is 3.08. The predicted octanol–water partition coefficient (Wildman–Crippen LogP) is 3.96. The molecule has 0 radical (unpaired) electrons. The summed E-state index contributed by atoms with van der Waals surface area (Å²) in [5, 5.41) is 0. The largest absolute Gasteiger partial charge is 0.0683 e. The van der Waals surface area contributed by atoms with Crippen molar-refractivity contribution in [3.63, 3.8) is 0 Å². The Kier molecular flexibility index (Phi) is 3.80. The maximum absolute atomic E-state index is 3.46. The lowest BCUT2D eigenvalue weighted by molar-refractivity contribution is 0.911. The first kappa shape index (κ1) is 9.79. The fourth-order valence-electron chi connectivity index (χ4n) is 1.54. The van der Waals surface area contributed by atoms with E-state index in [1.807, 2.05) is 13.8 Å². The first-order valence-electron chi connectivity index (χ1n) is 4.63. The molecule has 0 amide bonds. The molecule has 0 nitrogen and oxygen atoms in total. The molecule has 2 rings (SSSR count). The second-order valence-electron chi connectivity index (χ2n) is 2.77. The monoisotopic (exact) mass is 226 g/mol. The maximum Gasteiger partial charge on any atom is 0.0178 e. The number of halogens is 1. The van der Waals surface area contributed by atoms with Gasteiger partial charge in [-0.1, -0.05) is 35.8 Å². The van der Waals surface area contributed by atoms with Gasteiger partial charge in [0, 0.05) is 4.47 Å². The number of aryl methyl sites for hydroxylation is 2. The molecule has 0 atom stereocenters. The van der Waals surface area contributed by atoms with Gasteiger partial charge in [0.15, 0.2) is 0 Å². The number of fused-ring (bicyclic) bond motifs is 1. The third-order valence-electron chi connectivity index (χ3n) is 2.06. The summed E-state index contributed by atoms with van der Waals surface area (Å²) >= 11 is 3.46. The first-order chi connectivity index (χ1) is 5.86. The average molecular weight is 227 g/mol. The maximum atomic E-state index is 3.46. The van der Waals surface area contributed by atoms with E-state index in [1.54, 1.807) is 5.56 Å². The Morgan fingerprint density at radius 1 is 1.08 bits per heavy atom. The summed E-state index contributed by atoms with van der Waals surface area (Å²) in [6.45, 7) is 4.00. The molecule has 1 aliphatic carbocycles. The highest BCUT2D eigenvalue weighted by molar-refractivity contribution is 9.10. The van der Waals surface area contributed by atoms with Crippen LogP contribution in [0.3, 0.4) is 0 Å². The van der Waals surface area contributed by atoms with Crippen molar-refractivity contribution in [3.8, 4) is 0 Å². The molecule has 0 bridgehead atoms. The highest BCUT2D eigenvalue weighted by atomic mass is 79.9. The van der Waals surface area contributed by atoms with Gasteiger partial charge in [-0.25, -0.2) is 0 Å². The SMILES string of the molecule is Brc1ccc2c(c1)CCC2.CC. The minimum atomic E-state index is 1.22. The van der Waals surface area contributed by atoms with Crippen LogP contribution in [0, 0.1) is 0 Å². The molecule has 0 N–H and O–H groups in total. The lowest BCUT2D eigenvalue weighted by atomic mass is 10.1. The van der Waals surface area contributed by atoms with Crippen LogP contribution in [-0.2, 0) is 12.8 Å². The molecule has 1 aromatic rings. The van der Waals surface area contributed by atoms with Crippen LogP contribution in [0.4, 0.5) is 0 Å². The van der Waals surface area contributed by atoms with Crippen molar-refractivity contribution in [1.29, 1.82) is 0 Å². The molecule has 0 fully saturated rings.